The molecular formula is C29H33N7O2. The van der Waals surface area contributed by atoms with Crippen molar-refractivity contribution in [3.8, 4) is 22.8 Å². The van der Waals surface area contributed by atoms with E-state index in [4.69, 9.17) is 15.6 Å². The Kier molecular flexibility index (Phi) is 7.37. The molecule has 0 radical (unpaired) electrons. The van der Waals surface area contributed by atoms with Crippen molar-refractivity contribution in [3.63, 3.8) is 0 Å². The average Bonchev–Trinajstić information content (AvgIpc) is 3.56. The standard InChI is InChI=1S/C29H33N7O2/c1-20(2)34(3)16-7-10-25(37)35-17-15-22(18-35)36-29-26(28(30)31-19-32-29)27(33-36)21-11-13-24(14-12-21)38-23-8-5-4-6-9-23/h4-14,19-20,22H,15-18H2,1-3H3,(H2,30,31,32)/b10-7+. The Hall–Kier alpha value is -4.24. The van der Waals surface area contributed by atoms with Crippen LogP contribution in [0.4, 0.5) is 5.82 Å². The molecular weight excluding hydrogens is 478 g/mol. The fraction of sp³-hybridized carbons (Fsp3) is 0.310. The Morgan fingerprint density at radius 2 is 1.87 bits per heavy atom. The molecule has 0 spiro atoms. The topological polar surface area (TPSA) is 102 Å². The number of likely N-dealkylation sites (N-methyl/N-ethyl adjacent to an activating group) is 1. The zero-order chi connectivity index (χ0) is 26.6. The molecule has 1 unspecified atom stereocenters. The number of nitrogens with two attached hydrogens (primary N) is 1. The van der Waals surface area contributed by atoms with E-state index >= 15 is 0 Å². The molecule has 0 saturated carbocycles. The predicted molar refractivity (Wildman–Crippen MR) is 149 cm³/mol. The van der Waals surface area contributed by atoms with E-state index in [0.717, 1.165) is 30.0 Å². The second kappa shape index (κ2) is 11.0. The lowest BCUT2D eigenvalue weighted by Gasteiger charge is -2.19. The molecule has 2 aromatic heterocycles. The van der Waals surface area contributed by atoms with E-state index in [1.54, 1.807) is 6.08 Å². The minimum Gasteiger partial charge on any atom is -0.457 e. The zero-order valence-corrected chi connectivity index (χ0v) is 22.0. The van der Waals surface area contributed by atoms with Gasteiger partial charge in [-0.1, -0.05) is 24.3 Å². The van der Waals surface area contributed by atoms with Crippen LogP contribution in [0, 0.1) is 0 Å². The average molecular weight is 512 g/mol. The predicted octanol–water partition coefficient (Wildman–Crippen LogP) is 4.54. The third kappa shape index (κ3) is 5.38. The van der Waals surface area contributed by atoms with Crippen LogP contribution >= 0.6 is 0 Å². The molecule has 38 heavy (non-hydrogen) atoms. The summed E-state index contributed by atoms with van der Waals surface area (Å²) in [6.45, 7) is 6.22. The number of para-hydroxylation sites is 1. The minimum absolute atomic E-state index is 0.00285. The third-order valence-electron chi connectivity index (χ3n) is 6.98. The zero-order valence-electron chi connectivity index (χ0n) is 22.0. The summed E-state index contributed by atoms with van der Waals surface area (Å²) in [4.78, 5) is 25.6. The van der Waals surface area contributed by atoms with E-state index in [-0.39, 0.29) is 11.9 Å². The summed E-state index contributed by atoms with van der Waals surface area (Å²) in [5.74, 6) is 1.90. The van der Waals surface area contributed by atoms with Gasteiger partial charge in [0, 0.05) is 37.3 Å². The van der Waals surface area contributed by atoms with Crippen LogP contribution in [0.25, 0.3) is 22.3 Å². The van der Waals surface area contributed by atoms with Crippen LogP contribution in [0.2, 0.25) is 0 Å². The molecule has 1 fully saturated rings. The van der Waals surface area contributed by atoms with Crippen molar-refractivity contribution in [1.82, 2.24) is 29.5 Å². The summed E-state index contributed by atoms with van der Waals surface area (Å²) in [7, 11) is 2.04. The van der Waals surface area contributed by atoms with Gasteiger partial charge in [-0.25, -0.2) is 14.6 Å². The Morgan fingerprint density at radius 1 is 1.13 bits per heavy atom. The molecule has 9 nitrogen and oxygen atoms in total. The van der Waals surface area contributed by atoms with Crippen LogP contribution < -0.4 is 10.5 Å². The SMILES string of the molecule is CC(C)N(C)C/C=C/C(=O)N1CCC(n2nc(-c3ccc(Oc4ccccc4)cc3)c3c(N)ncnc32)C1. The summed E-state index contributed by atoms with van der Waals surface area (Å²) < 4.78 is 7.84. The van der Waals surface area contributed by atoms with E-state index < -0.39 is 0 Å². The van der Waals surface area contributed by atoms with Crippen molar-refractivity contribution in [1.29, 1.82) is 0 Å². The number of ether oxygens (including phenoxy) is 1. The fourth-order valence-electron chi connectivity index (χ4n) is 4.54. The van der Waals surface area contributed by atoms with Gasteiger partial charge >= 0.3 is 0 Å². The number of amides is 1. The quantitative estimate of drug-likeness (QED) is 0.347. The number of anilines is 1. The highest BCUT2D eigenvalue weighted by Gasteiger charge is 2.30. The third-order valence-corrected chi connectivity index (χ3v) is 6.98. The molecule has 1 atom stereocenters. The van der Waals surface area contributed by atoms with Gasteiger partial charge in [-0.2, -0.15) is 5.10 Å². The fourth-order valence-corrected chi connectivity index (χ4v) is 4.54. The monoisotopic (exact) mass is 511 g/mol. The number of hydrogen-bond acceptors (Lipinski definition) is 7. The van der Waals surface area contributed by atoms with E-state index in [1.165, 1.54) is 6.33 Å². The Bertz CT molecular complexity index is 1430. The van der Waals surface area contributed by atoms with E-state index in [1.807, 2.05) is 77.3 Å². The number of carbonyl (C=O) groups excluding carboxylic acids is 1. The number of nitrogen functional groups attached to an aromatic ring is 1. The molecule has 196 valence electrons. The molecule has 2 aromatic carbocycles. The molecule has 1 amide bonds. The number of rotatable bonds is 8. The van der Waals surface area contributed by atoms with Crippen LogP contribution in [0.1, 0.15) is 26.3 Å². The van der Waals surface area contributed by atoms with Crippen LogP contribution in [0.15, 0.2) is 73.1 Å². The molecule has 5 rings (SSSR count). The summed E-state index contributed by atoms with van der Waals surface area (Å²) in [6.07, 6.45) is 5.85. The lowest BCUT2D eigenvalue weighted by molar-refractivity contribution is -0.125. The molecule has 9 heteroatoms. The van der Waals surface area contributed by atoms with Gasteiger partial charge in [-0.05, 0) is 63.7 Å². The molecule has 2 N–H and O–H groups in total. The highest BCUT2D eigenvalue weighted by molar-refractivity contribution is 5.98. The smallest absolute Gasteiger partial charge is 0.246 e. The summed E-state index contributed by atoms with van der Waals surface area (Å²) in [6, 6.07) is 17.8. The normalized spacial score (nSPS) is 15.8. The number of carbonyl (C=O) groups is 1. The molecule has 3 heterocycles. The first-order chi connectivity index (χ1) is 18.4. The number of hydrogen-bond donors (Lipinski definition) is 1. The number of likely N-dealkylation sites (tertiary alicyclic amines) is 1. The van der Waals surface area contributed by atoms with E-state index in [2.05, 4.69) is 28.7 Å². The number of nitrogens with zero attached hydrogens (tertiary/aromatic N) is 6. The maximum absolute atomic E-state index is 12.8. The first-order valence-corrected chi connectivity index (χ1v) is 12.9. The highest BCUT2D eigenvalue weighted by Crippen LogP contribution is 2.35. The maximum Gasteiger partial charge on any atom is 0.246 e. The molecule has 0 aliphatic carbocycles. The van der Waals surface area contributed by atoms with Crippen molar-refractivity contribution in [2.24, 2.45) is 0 Å². The van der Waals surface area contributed by atoms with Crippen molar-refractivity contribution < 1.29 is 9.53 Å². The van der Waals surface area contributed by atoms with Crippen LogP contribution in [0.3, 0.4) is 0 Å². The highest BCUT2D eigenvalue weighted by atomic mass is 16.5. The van der Waals surface area contributed by atoms with Crippen molar-refractivity contribution in [3.05, 3.63) is 73.1 Å². The van der Waals surface area contributed by atoms with Gasteiger partial charge < -0.3 is 20.3 Å². The molecule has 1 aliphatic heterocycles. The molecule has 1 aliphatic rings. The van der Waals surface area contributed by atoms with Gasteiger partial charge in [0.05, 0.1) is 11.4 Å². The van der Waals surface area contributed by atoms with Crippen molar-refractivity contribution in [2.45, 2.75) is 32.4 Å². The molecule has 1 saturated heterocycles. The molecule has 0 bridgehead atoms. The Balaban J connectivity index is 1.36. The van der Waals surface area contributed by atoms with Gasteiger partial charge in [0.25, 0.3) is 0 Å². The van der Waals surface area contributed by atoms with Crippen molar-refractivity contribution >= 4 is 22.8 Å². The van der Waals surface area contributed by atoms with E-state index in [0.29, 0.717) is 41.7 Å². The largest absolute Gasteiger partial charge is 0.457 e. The minimum atomic E-state index is -0.00285. The second-order valence-corrected chi connectivity index (χ2v) is 9.85. The van der Waals surface area contributed by atoms with Crippen LogP contribution in [-0.4, -0.2) is 68.2 Å². The lowest BCUT2D eigenvalue weighted by Crippen LogP contribution is -2.29. The van der Waals surface area contributed by atoms with Crippen molar-refractivity contribution in [2.75, 3.05) is 32.4 Å². The van der Waals surface area contributed by atoms with Crippen LogP contribution in [-0.2, 0) is 4.79 Å². The van der Waals surface area contributed by atoms with Gasteiger partial charge in [-0.15, -0.1) is 0 Å². The molecule has 4 aromatic rings. The Labute approximate surface area is 222 Å². The first kappa shape index (κ1) is 25.4. The van der Waals surface area contributed by atoms with Gasteiger partial charge in [0.2, 0.25) is 5.91 Å². The van der Waals surface area contributed by atoms with Gasteiger partial charge in [0.15, 0.2) is 5.65 Å². The number of benzene rings is 2. The van der Waals surface area contributed by atoms with Gasteiger partial charge in [-0.3, -0.25) is 4.79 Å². The van der Waals surface area contributed by atoms with Gasteiger partial charge in [0.1, 0.15) is 29.3 Å². The number of fused-ring (bicyclic) bond motifs is 1. The van der Waals surface area contributed by atoms with Crippen LogP contribution in [0.5, 0.6) is 11.5 Å². The summed E-state index contributed by atoms with van der Waals surface area (Å²) >= 11 is 0. The summed E-state index contributed by atoms with van der Waals surface area (Å²) in [5, 5.41) is 5.66. The number of aromatic nitrogens is 4. The second-order valence-electron chi connectivity index (χ2n) is 9.85. The Morgan fingerprint density at radius 3 is 2.61 bits per heavy atom. The van der Waals surface area contributed by atoms with E-state index in [9.17, 15) is 4.79 Å². The lowest BCUT2D eigenvalue weighted by atomic mass is 10.1. The maximum atomic E-state index is 12.8. The first-order valence-electron chi connectivity index (χ1n) is 12.9. The summed E-state index contributed by atoms with van der Waals surface area (Å²) in [5.41, 5.74) is 8.58.